The molecule has 0 amide bonds. The summed E-state index contributed by atoms with van der Waals surface area (Å²) in [7, 11) is -1.62. The van der Waals surface area contributed by atoms with Gasteiger partial charge in [0.1, 0.15) is 0 Å². The van der Waals surface area contributed by atoms with E-state index in [-0.39, 0.29) is 0 Å². The lowest BCUT2D eigenvalue weighted by atomic mass is 10.4. The van der Waals surface area contributed by atoms with Crippen LogP contribution in [0, 0.1) is 5.92 Å². The Morgan fingerprint density at radius 2 is 2.00 bits per heavy atom. The van der Waals surface area contributed by atoms with E-state index < -0.39 is 10.2 Å². The van der Waals surface area contributed by atoms with Gasteiger partial charge in [0.05, 0.1) is 0 Å². The van der Waals surface area contributed by atoms with Crippen molar-refractivity contribution in [3.63, 3.8) is 0 Å². The Morgan fingerprint density at radius 3 is 2.59 bits per heavy atom. The highest BCUT2D eigenvalue weighted by atomic mass is 32.2. The van der Waals surface area contributed by atoms with Gasteiger partial charge in [0.2, 0.25) is 0 Å². The van der Waals surface area contributed by atoms with Crippen LogP contribution in [0.4, 0.5) is 0 Å². The zero-order valence-corrected chi connectivity index (χ0v) is 11.7. The molecular weight excluding hydrogens is 238 g/mol. The Labute approximate surface area is 105 Å². The smallest absolute Gasteiger partial charge is 0.279 e. The summed E-state index contributed by atoms with van der Waals surface area (Å²) >= 11 is 0. The van der Waals surface area contributed by atoms with Crippen LogP contribution in [0.2, 0.25) is 0 Å². The molecule has 0 heterocycles. The maximum Gasteiger partial charge on any atom is 0.279 e. The summed E-state index contributed by atoms with van der Waals surface area (Å²) in [6.07, 6.45) is 4.28. The molecule has 0 unspecified atom stereocenters. The molecule has 0 atom stereocenters. The quantitative estimate of drug-likeness (QED) is 0.566. The fourth-order valence-electron chi connectivity index (χ4n) is 1.50. The average Bonchev–Trinajstić information content (AvgIpc) is 3.10. The Hall–Kier alpha value is -0.170. The molecule has 1 saturated carbocycles. The predicted molar refractivity (Wildman–Crippen MR) is 70.1 cm³/mol. The molecule has 0 bridgehead atoms. The van der Waals surface area contributed by atoms with Gasteiger partial charge in [0.15, 0.2) is 0 Å². The summed E-state index contributed by atoms with van der Waals surface area (Å²) in [5.74, 6) is 0.574. The first kappa shape index (κ1) is 14.9. The summed E-state index contributed by atoms with van der Waals surface area (Å²) in [6, 6.07) is 0. The highest BCUT2D eigenvalue weighted by molar-refractivity contribution is 7.87. The van der Waals surface area contributed by atoms with Crippen LogP contribution in [-0.2, 0) is 10.2 Å². The second-order valence-electron chi connectivity index (χ2n) is 4.72. The summed E-state index contributed by atoms with van der Waals surface area (Å²) in [6.45, 7) is 5.15. The van der Waals surface area contributed by atoms with Crippen molar-refractivity contribution < 1.29 is 8.42 Å². The molecule has 102 valence electrons. The molecule has 17 heavy (non-hydrogen) atoms. The highest BCUT2D eigenvalue weighted by Crippen LogP contribution is 2.27. The monoisotopic (exact) mass is 263 g/mol. The third-order valence-corrected chi connectivity index (χ3v) is 4.45. The van der Waals surface area contributed by atoms with E-state index in [4.69, 9.17) is 0 Å². The summed E-state index contributed by atoms with van der Waals surface area (Å²) < 4.78 is 27.6. The van der Waals surface area contributed by atoms with Crippen molar-refractivity contribution in [2.75, 3.05) is 33.2 Å². The van der Waals surface area contributed by atoms with Gasteiger partial charge in [-0.25, -0.2) is 4.72 Å². The summed E-state index contributed by atoms with van der Waals surface area (Å²) in [5.41, 5.74) is 0. The molecule has 1 fully saturated rings. The van der Waals surface area contributed by atoms with Gasteiger partial charge < -0.3 is 5.32 Å². The van der Waals surface area contributed by atoms with Crippen molar-refractivity contribution in [2.45, 2.75) is 32.6 Å². The molecule has 0 aromatic heterocycles. The molecular formula is C11H25N3O2S. The van der Waals surface area contributed by atoms with Gasteiger partial charge in [0.25, 0.3) is 10.2 Å². The van der Waals surface area contributed by atoms with Crippen LogP contribution in [-0.4, -0.2) is 45.9 Å². The van der Waals surface area contributed by atoms with Crippen LogP contribution in [0.25, 0.3) is 0 Å². The SMILES string of the molecule is CCCNCCCN(C)S(=O)(=O)NCC1CC1. The van der Waals surface area contributed by atoms with Crippen LogP contribution in [0.5, 0.6) is 0 Å². The van der Waals surface area contributed by atoms with Crippen molar-refractivity contribution in [2.24, 2.45) is 5.92 Å². The average molecular weight is 263 g/mol. The van der Waals surface area contributed by atoms with Crippen molar-refractivity contribution in [3.05, 3.63) is 0 Å². The molecule has 2 N–H and O–H groups in total. The van der Waals surface area contributed by atoms with Crippen LogP contribution >= 0.6 is 0 Å². The van der Waals surface area contributed by atoms with Gasteiger partial charge in [-0.05, 0) is 44.7 Å². The van der Waals surface area contributed by atoms with Gasteiger partial charge in [-0.2, -0.15) is 12.7 Å². The molecule has 0 aromatic carbocycles. The zero-order valence-electron chi connectivity index (χ0n) is 10.9. The van der Waals surface area contributed by atoms with Crippen molar-refractivity contribution in [3.8, 4) is 0 Å². The summed E-state index contributed by atoms with van der Waals surface area (Å²) in [4.78, 5) is 0. The molecule has 1 rings (SSSR count). The van der Waals surface area contributed by atoms with Crippen LogP contribution < -0.4 is 10.0 Å². The Balaban J connectivity index is 2.12. The fourth-order valence-corrected chi connectivity index (χ4v) is 2.54. The van der Waals surface area contributed by atoms with E-state index in [1.165, 1.54) is 4.31 Å². The maximum absolute atomic E-state index is 11.8. The first-order valence-corrected chi connectivity index (χ1v) is 7.92. The standard InChI is InChI=1S/C11H25N3O2S/c1-3-7-12-8-4-9-14(2)17(15,16)13-10-11-5-6-11/h11-13H,3-10H2,1-2H3. The van der Waals surface area contributed by atoms with Gasteiger partial charge in [0, 0.05) is 20.1 Å². The Kier molecular flexibility index (Phi) is 6.40. The molecule has 0 aliphatic heterocycles. The van der Waals surface area contributed by atoms with E-state index in [9.17, 15) is 8.42 Å². The van der Waals surface area contributed by atoms with Crippen LogP contribution in [0.15, 0.2) is 0 Å². The minimum absolute atomic E-state index is 0.566. The van der Waals surface area contributed by atoms with E-state index in [0.29, 0.717) is 19.0 Å². The zero-order chi connectivity index (χ0) is 12.7. The molecule has 0 radical (unpaired) electrons. The minimum atomic E-state index is -3.25. The molecule has 1 aliphatic carbocycles. The van der Waals surface area contributed by atoms with Gasteiger partial charge in [-0.15, -0.1) is 0 Å². The van der Waals surface area contributed by atoms with Gasteiger partial charge in [-0.3, -0.25) is 0 Å². The van der Waals surface area contributed by atoms with Crippen molar-refractivity contribution in [1.29, 1.82) is 0 Å². The number of hydrogen-bond donors (Lipinski definition) is 2. The van der Waals surface area contributed by atoms with E-state index in [1.807, 2.05) is 0 Å². The predicted octanol–water partition coefficient (Wildman–Crippen LogP) is 0.552. The van der Waals surface area contributed by atoms with E-state index in [1.54, 1.807) is 7.05 Å². The van der Waals surface area contributed by atoms with Crippen molar-refractivity contribution >= 4 is 10.2 Å². The molecule has 6 heteroatoms. The number of hydrogen-bond acceptors (Lipinski definition) is 3. The minimum Gasteiger partial charge on any atom is -0.317 e. The Bertz CT molecular complexity index is 302. The number of nitrogens with one attached hydrogen (secondary N) is 2. The van der Waals surface area contributed by atoms with E-state index in [2.05, 4.69) is 17.0 Å². The second kappa shape index (κ2) is 7.31. The van der Waals surface area contributed by atoms with E-state index >= 15 is 0 Å². The molecule has 1 aliphatic rings. The van der Waals surface area contributed by atoms with Gasteiger partial charge in [-0.1, -0.05) is 6.92 Å². The van der Waals surface area contributed by atoms with Crippen LogP contribution in [0.1, 0.15) is 32.6 Å². The first-order valence-electron chi connectivity index (χ1n) is 6.48. The summed E-state index contributed by atoms with van der Waals surface area (Å²) in [5, 5.41) is 3.26. The molecule has 0 spiro atoms. The van der Waals surface area contributed by atoms with Crippen molar-refractivity contribution in [1.82, 2.24) is 14.3 Å². The number of nitrogens with zero attached hydrogens (tertiary/aromatic N) is 1. The number of rotatable bonds is 10. The van der Waals surface area contributed by atoms with Crippen LogP contribution in [0.3, 0.4) is 0 Å². The Morgan fingerprint density at radius 1 is 1.29 bits per heavy atom. The molecule has 5 nitrogen and oxygen atoms in total. The first-order chi connectivity index (χ1) is 8.06. The lowest BCUT2D eigenvalue weighted by Crippen LogP contribution is -2.40. The van der Waals surface area contributed by atoms with E-state index in [0.717, 1.165) is 38.8 Å². The second-order valence-corrected chi connectivity index (χ2v) is 6.58. The fraction of sp³-hybridized carbons (Fsp3) is 1.00. The lowest BCUT2D eigenvalue weighted by molar-refractivity contribution is 0.443. The topological polar surface area (TPSA) is 61.4 Å². The molecule has 0 saturated heterocycles. The lowest BCUT2D eigenvalue weighted by Gasteiger charge is -2.17. The van der Waals surface area contributed by atoms with Gasteiger partial charge >= 0.3 is 0 Å². The normalized spacial score (nSPS) is 16.6. The third kappa shape index (κ3) is 6.35. The highest BCUT2D eigenvalue weighted by Gasteiger charge is 2.25. The third-order valence-electron chi connectivity index (χ3n) is 2.91. The maximum atomic E-state index is 11.8. The molecule has 0 aromatic rings. The largest absolute Gasteiger partial charge is 0.317 e.